The highest BCUT2D eigenvalue weighted by Crippen LogP contribution is 2.24. The minimum absolute atomic E-state index is 0.0826. The van der Waals surface area contributed by atoms with E-state index in [0.29, 0.717) is 0 Å². The minimum atomic E-state index is -1.11. The van der Waals surface area contributed by atoms with Gasteiger partial charge in [0.05, 0.1) is 0 Å². The number of thiol groups is 2. The van der Waals surface area contributed by atoms with Gasteiger partial charge < -0.3 is 5.11 Å². The van der Waals surface area contributed by atoms with Gasteiger partial charge in [0.25, 0.3) is 0 Å². The van der Waals surface area contributed by atoms with Crippen molar-refractivity contribution >= 4 is 25.3 Å². The Labute approximate surface area is 54.9 Å². The fourth-order valence-electron chi connectivity index (χ4n) is 0. The van der Waals surface area contributed by atoms with Crippen LogP contribution in [0.1, 0.15) is 13.8 Å². The predicted molar refractivity (Wildman–Crippen MR) is 37.8 cm³/mol. The van der Waals surface area contributed by atoms with Crippen LogP contribution >= 0.6 is 25.3 Å². The Kier molecular flexibility index (Phi) is 2.50. The third kappa shape index (κ3) is 3.26. The van der Waals surface area contributed by atoms with E-state index >= 15 is 0 Å². The molecule has 7 heavy (non-hydrogen) atoms. The monoisotopic (exact) mass is 138 g/mol. The van der Waals surface area contributed by atoms with Gasteiger partial charge in [-0.15, -0.1) is 25.3 Å². The molecular weight excluding hydrogens is 128 g/mol. The molecule has 0 bridgehead atoms. The van der Waals surface area contributed by atoms with Gasteiger partial charge in [-0.25, -0.2) is 0 Å². The van der Waals surface area contributed by atoms with Crippen LogP contribution in [0.25, 0.3) is 0 Å². The van der Waals surface area contributed by atoms with E-state index in [4.69, 9.17) is 5.11 Å². The van der Waals surface area contributed by atoms with Gasteiger partial charge in [-0.1, -0.05) is 13.8 Å². The maximum absolute atomic E-state index is 8.82. The molecule has 0 aromatic heterocycles. The third-order valence-corrected chi connectivity index (χ3v) is 1.81. The Balaban J connectivity index is 3.54. The van der Waals surface area contributed by atoms with Crippen LogP contribution in [0, 0.1) is 5.92 Å². The summed E-state index contributed by atoms with van der Waals surface area (Å²) in [4.78, 5) is 0. The molecule has 0 aliphatic rings. The van der Waals surface area contributed by atoms with Crippen molar-refractivity contribution in [3.63, 3.8) is 0 Å². The molecule has 0 rings (SSSR count). The summed E-state index contributed by atoms with van der Waals surface area (Å²) >= 11 is 7.54. The van der Waals surface area contributed by atoms with Gasteiger partial charge in [-0.2, -0.15) is 0 Å². The van der Waals surface area contributed by atoms with Crippen molar-refractivity contribution < 1.29 is 5.11 Å². The summed E-state index contributed by atoms with van der Waals surface area (Å²) < 4.78 is -1.11. The molecule has 0 heterocycles. The molecule has 0 atom stereocenters. The highest BCUT2D eigenvalue weighted by Gasteiger charge is 2.19. The second kappa shape index (κ2) is 2.29. The van der Waals surface area contributed by atoms with Crippen LogP contribution < -0.4 is 0 Å². The fourth-order valence-corrected chi connectivity index (χ4v) is 0. The molecule has 0 aliphatic heterocycles. The maximum Gasteiger partial charge on any atom is 0.154 e. The lowest BCUT2D eigenvalue weighted by Gasteiger charge is -2.18. The standard InChI is InChI=1S/C4H10OS2/c1-3(2)4(5,6)7/h3,5-7H,1-2H3. The number of rotatable bonds is 1. The number of hydrogen-bond acceptors (Lipinski definition) is 3. The first-order valence-electron chi connectivity index (χ1n) is 2.11. The van der Waals surface area contributed by atoms with Crippen LogP contribution in [0.3, 0.4) is 0 Å². The smallest absolute Gasteiger partial charge is 0.154 e. The zero-order valence-electron chi connectivity index (χ0n) is 4.42. The second-order valence-electron chi connectivity index (χ2n) is 1.84. The van der Waals surface area contributed by atoms with E-state index < -0.39 is 4.27 Å². The fraction of sp³-hybridized carbons (Fsp3) is 1.00. The maximum atomic E-state index is 8.82. The molecule has 0 saturated heterocycles. The summed E-state index contributed by atoms with van der Waals surface area (Å²) in [6.45, 7) is 3.69. The van der Waals surface area contributed by atoms with E-state index in [1.165, 1.54) is 0 Å². The van der Waals surface area contributed by atoms with E-state index in [1.54, 1.807) is 0 Å². The molecule has 44 valence electrons. The van der Waals surface area contributed by atoms with Crippen LogP contribution in [-0.4, -0.2) is 9.37 Å². The van der Waals surface area contributed by atoms with Crippen LogP contribution in [0.4, 0.5) is 0 Å². The Morgan fingerprint density at radius 1 is 1.43 bits per heavy atom. The van der Waals surface area contributed by atoms with Crippen LogP contribution in [-0.2, 0) is 0 Å². The van der Waals surface area contributed by atoms with Crippen molar-refractivity contribution in [1.82, 2.24) is 0 Å². The average molecular weight is 138 g/mol. The van der Waals surface area contributed by atoms with E-state index in [1.807, 2.05) is 13.8 Å². The predicted octanol–water partition coefficient (Wildman–Crippen LogP) is 1.15. The Hall–Kier alpha value is 0.660. The molecule has 0 fully saturated rings. The first kappa shape index (κ1) is 7.66. The largest absolute Gasteiger partial charge is 0.370 e. The summed E-state index contributed by atoms with van der Waals surface area (Å²) in [5.74, 6) is 0.0826. The molecule has 0 amide bonds. The van der Waals surface area contributed by atoms with Gasteiger partial charge in [0.15, 0.2) is 4.27 Å². The molecule has 3 heteroatoms. The molecule has 1 N–H and O–H groups in total. The molecule has 0 unspecified atom stereocenters. The second-order valence-corrected chi connectivity index (χ2v) is 3.56. The summed E-state index contributed by atoms with van der Waals surface area (Å²) in [6, 6.07) is 0. The van der Waals surface area contributed by atoms with Crippen molar-refractivity contribution in [3.05, 3.63) is 0 Å². The summed E-state index contributed by atoms with van der Waals surface area (Å²) in [5.41, 5.74) is 0. The van der Waals surface area contributed by atoms with Crippen molar-refractivity contribution in [2.45, 2.75) is 18.1 Å². The SMILES string of the molecule is CC(C)C(O)(S)S. The van der Waals surface area contributed by atoms with Gasteiger partial charge in [0.2, 0.25) is 0 Å². The van der Waals surface area contributed by atoms with Crippen molar-refractivity contribution in [3.8, 4) is 0 Å². The summed E-state index contributed by atoms with van der Waals surface area (Å²) in [5, 5.41) is 8.82. The highest BCUT2D eigenvalue weighted by atomic mass is 32.2. The van der Waals surface area contributed by atoms with Gasteiger partial charge in [-0.3, -0.25) is 0 Å². The lowest BCUT2D eigenvalue weighted by molar-refractivity contribution is 0.183. The van der Waals surface area contributed by atoms with Gasteiger partial charge >= 0.3 is 0 Å². The molecule has 0 aromatic carbocycles. The Morgan fingerprint density at radius 2 is 1.57 bits per heavy atom. The van der Waals surface area contributed by atoms with Crippen molar-refractivity contribution in [2.75, 3.05) is 0 Å². The molecule has 1 nitrogen and oxygen atoms in total. The third-order valence-electron chi connectivity index (χ3n) is 0.775. The van der Waals surface area contributed by atoms with Gasteiger partial charge in [0.1, 0.15) is 0 Å². The lowest BCUT2D eigenvalue weighted by Crippen LogP contribution is -2.19. The number of aliphatic hydroxyl groups is 1. The average Bonchev–Trinajstić information content (AvgIpc) is 1.31. The van der Waals surface area contributed by atoms with E-state index in [9.17, 15) is 0 Å². The van der Waals surface area contributed by atoms with Crippen molar-refractivity contribution in [1.29, 1.82) is 0 Å². The summed E-state index contributed by atoms with van der Waals surface area (Å²) in [6.07, 6.45) is 0. The minimum Gasteiger partial charge on any atom is -0.370 e. The van der Waals surface area contributed by atoms with E-state index in [-0.39, 0.29) is 5.92 Å². The van der Waals surface area contributed by atoms with Crippen LogP contribution in [0.2, 0.25) is 0 Å². The van der Waals surface area contributed by atoms with Crippen LogP contribution in [0.15, 0.2) is 0 Å². The number of hydrogen-bond donors (Lipinski definition) is 3. The van der Waals surface area contributed by atoms with Crippen molar-refractivity contribution in [2.24, 2.45) is 5.92 Å². The first-order chi connectivity index (χ1) is 2.94. The van der Waals surface area contributed by atoms with Gasteiger partial charge in [-0.05, 0) is 0 Å². The molecular formula is C4H10OS2. The lowest BCUT2D eigenvalue weighted by atomic mass is 10.2. The van der Waals surface area contributed by atoms with Gasteiger partial charge in [0, 0.05) is 5.92 Å². The Bertz CT molecular complexity index is 55.2. The zero-order chi connectivity index (χ0) is 6.08. The quantitative estimate of drug-likeness (QED) is 0.367. The Morgan fingerprint density at radius 3 is 1.57 bits per heavy atom. The highest BCUT2D eigenvalue weighted by molar-refractivity contribution is 8.00. The normalized spacial score (nSPS) is 12.9. The molecule has 0 aromatic rings. The topological polar surface area (TPSA) is 20.2 Å². The molecule has 0 radical (unpaired) electrons. The molecule has 0 saturated carbocycles. The van der Waals surface area contributed by atoms with E-state index in [2.05, 4.69) is 25.3 Å². The first-order valence-corrected chi connectivity index (χ1v) is 3.01. The zero-order valence-corrected chi connectivity index (χ0v) is 6.21. The molecule has 0 spiro atoms. The van der Waals surface area contributed by atoms with Crippen LogP contribution in [0.5, 0.6) is 0 Å². The summed E-state index contributed by atoms with van der Waals surface area (Å²) in [7, 11) is 0. The molecule has 0 aliphatic carbocycles. The van der Waals surface area contributed by atoms with E-state index in [0.717, 1.165) is 0 Å².